The van der Waals surface area contributed by atoms with Crippen molar-refractivity contribution in [1.82, 2.24) is 9.47 Å². The first-order valence-electron chi connectivity index (χ1n) is 10.3. The van der Waals surface area contributed by atoms with Gasteiger partial charge in [-0.25, -0.2) is 9.59 Å². The van der Waals surface area contributed by atoms with Crippen LogP contribution in [0, 0.1) is 0 Å². The number of aliphatic carboxylic acids is 1. The number of hydrogen-bond acceptors (Lipinski definition) is 8. The number of esters is 1. The molecule has 176 valence electrons. The number of carboxylic acid groups (broad SMARTS) is 1. The molecule has 2 heterocycles. The molecule has 1 saturated heterocycles. The predicted octanol–water partition coefficient (Wildman–Crippen LogP) is -0.596. The van der Waals surface area contributed by atoms with Gasteiger partial charge in [-0.05, 0) is 30.7 Å². The smallest absolute Gasteiger partial charge is 0.341 e. The number of rotatable bonds is 8. The van der Waals surface area contributed by atoms with Gasteiger partial charge in [-0.3, -0.25) is 14.2 Å². The van der Waals surface area contributed by atoms with Crippen LogP contribution in [0.5, 0.6) is 5.75 Å². The molecule has 1 amide bonds. The van der Waals surface area contributed by atoms with Gasteiger partial charge in [0, 0.05) is 13.1 Å². The Morgan fingerprint density at radius 2 is 1.88 bits per heavy atom. The van der Waals surface area contributed by atoms with E-state index in [0.717, 1.165) is 11.3 Å². The minimum absolute atomic E-state index is 0.187. The van der Waals surface area contributed by atoms with Crippen molar-refractivity contribution in [2.75, 3.05) is 39.5 Å². The SMILES string of the molecule is CCOC(=O)/C=c1\s/c(=C\c2ccc(OCC(=O)O)cc2)c(=O)n1CC(=O)N1CCOCC1. The molecule has 1 N–H and O–H groups in total. The molecular formula is C22H24N2O8S. The van der Waals surface area contributed by atoms with Crippen LogP contribution in [0.4, 0.5) is 0 Å². The van der Waals surface area contributed by atoms with E-state index in [2.05, 4.69) is 0 Å². The maximum Gasteiger partial charge on any atom is 0.341 e. The van der Waals surface area contributed by atoms with Crippen LogP contribution in [0.15, 0.2) is 29.1 Å². The van der Waals surface area contributed by atoms with Crippen LogP contribution in [-0.4, -0.2) is 71.9 Å². The average Bonchev–Trinajstić information content (AvgIpc) is 3.08. The Kier molecular flexibility index (Phi) is 8.39. The van der Waals surface area contributed by atoms with Crippen molar-refractivity contribution in [1.29, 1.82) is 0 Å². The number of aromatic nitrogens is 1. The lowest BCUT2D eigenvalue weighted by Gasteiger charge is -2.26. The fourth-order valence-corrected chi connectivity index (χ4v) is 4.11. The summed E-state index contributed by atoms with van der Waals surface area (Å²) in [4.78, 5) is 50.0. The van der Waals surface area contributed by atoms with Crippen LogP contribution >= 0.6 is 11.3 Å². The summed E-state index contributed by atoms with van der Waals surface area (Å²) >= 11 is 1.08. The Bertz CT molecular complexity index is 1180. The summed E-state index contributed by atoms with van der Waals surface area (Å²) in [6.45, 7) is 2.99. The topological polar surface area (TPSA) is 124 Å². The van der Waals surface area contributed by atoms with Crippen molar-refractivity contribution >= 4 is 41.3 Å². The number of benzene rings is 1. The molecule has 33 heavy (non-hydrogen) atoms. The van der Waals surface area contributed by atoms with E-state index in [1.807, 2.05) is 0 Å². The highest BCUT2D eigenvalue weighted by molar-refractivity contribution is 7.07. The number of carboxylic acids is 1. The molecule has 0 aliphatic carbocycles. The standard InChI is InChI=1S/C22H24N2O8S/c1-2-31-21(28)12-19-24(13-18(25)23-7-9-30-10-8-23)22(29)17(33-19)11-15-3-5-16(6-4-15)32-14-20(26)27/h3-6,11-12H,2,7-10,13-14H2,1H3,(H,26,27)/b17-11-,19-12-. The second kappa shape index (κ2) is 11.4. The second-order valence-electron chi connectivity index (χ2n) is 6.98. The Morgan fingerprint density at radius 3 is 2.52 bits per heavy atom. The van der Waals surface area contributed by atoms with E-state index in [1.54, 1.807) is 42.2 Å². The van der Waals surface area contributed by atoms with Crippen molar-refractivity contribution in [3.63, 3.8) is 0 Å². The summed E-state index contributed by atoms with van der Waals surface area (Å²) in [7, 11) is 0. The first-order valence-corrected chi connectivity index (χ1v) is 11.1. The number of nitrogens with zero attached hydrogens (tertiary/aromatic N) is 2. The molecule has 1 aromatic carbocycles. The molecule has 1 aliphatic heterocycles. The molecule has 0 saturated carbocycles. The highest BCUT2D eigenvalue weighted by Crippen LogP contribution is 2.12. The summed E-state index contributed by atoms with van der Waals surface area (Å²) < 4.78 is 17.2. The van der Waals surface area contributed by atoms with Crippen molar-refractivity contribution in [2.45, 2.75) is 13.5 Å². The summed E-state index contributed by atoms with van der Waals surface area (Å²) in [6.07, 6.45) is 2.84. The molecule has 1 fully saturated rings. The van der Waals surface area contributed by atoms with E-state index in [1.165, 1.54) is 10.6 Å². The van der Waals surface area contributed by atoms with Gasteiger partial charge in [-0.15, -0.1) is 11.3 Å². The van der Waals surface area contributed by atoms with E-state index in [-0.39, 0.29) is 19.1 Å². The van der Waals surface area contributed by atoms with Crippen LogP contribution in [0.25, 0.3) is 12.2 Å². The van der Waals surface area contributed by atoms with Gasteiger partial charge in [0.1, 0.15) is 17.0 Å². The van der Waals surface area contributed by atoms with Crippen LogP contribution < -0.4 is 19.5 Å². The van der Waals surface area contributed by atoms with E-state index >= 15 is 0 Å². The highest BCUT2D eigenvalue weighted by atomic mass is 32.1. The van der Waals surface area contributed by atoms with Crippen molar-refractivity contribution in [3.05, 3.63) is 49.4 Å². The normalized spacial score (nSPS) is 14.9. The molecule has 2 aromatic rings. The van der Waals surface area contributed by atoms with Crippen molar-refractivity contribution in [2.24, 2.45) is 0 Å². The van der Waals surface area contributed by atoms with Crippen molar-refractivity contribution < 1.29 is 33.7 Å². The molecule has 11 heteroatoms. The molecule has 10 nitrogen and oxygen atoms in total. The quantitative estimate of drug-likeness (QED) is 0.501. The Balaban J connectivity index is 1.93. The van der Waals surface area contributed by atoms with Gasteiger partial charge >= 0.3 is 11.9 Å². The maximum atomic E-state index is 13.1. The summed E-state index contributed by atoms with van der Waals surface area (Å²) in [5.74, 6) is -1.53. The van der Waals surface area contributed by atoms with E-state index in [4.69, 9.17) is 19.3 Å². The van der Waals surface area contributed by atoms with E-state index in [0.29, 0.717) is 46.8 Å². The largest absolute Gasteiger partial charge is 0.482 e. The van der Waals surface area contributed by atoms with E-state index < -0.39 is 24.1 Å². The molecule has 0 atom stereocenters. The lowest BCUT2D eigenvalue weighted by atomic mass is 10.2. The monoisotopic (exact) mass is 476 g/mol. The Morgan fingerprint density at radius 1 is 1.18 bits per heavy atom. The molecule has 3 rings (SSSR count). The van der Waals surface area contributed by atoms with E-state index in [9.17, 15) is 19.2 Å². The number of carbonyl (C=O) groups excluding carboxylic acids is 2. The van der Waals surface area contributed by atoms with Crippen molar-refractivity contribution in [3.8, 4) is 5.75 Å². The second-order valence-corrected chi connectivity index (χ2v) is 8.04. The van der Waals surface area contributed by atoms with Gasteiger partial charge in [0.25, 0.3) is 5.56 Å². The van der Waals surface area contributed by atoms with Gasteiger partial charge in [-0.2, -0.15) is 0 Å². The predicted molar refractivity (Wildman–Crippen MR) is 119 cm³/mol. The molecule has 1 aliphatic rings. The third kappa shape index (κ3) is 6.77. The minimum Gasteiger partial charge on any atom is -0.482 e. The molecule has 0 radical (unpaired) electrons. The van der Waals surface area contributed by atoms with Gasteiger partial charge in [0.15, 0.2) is 6.61 Å². The highest BCUT2D eigenvalue weighted by Gasteiger charge is 2.19. The third-order valence-electron chi connectivity index (χ3n) is 4.66. The van der Waals surface area contributed by atoms with Crippen LogP contribution in [0.2, 0.25) is 0 Å². The number of thiazole rings is 1. The minimum atomic E-state index is -1.08. The van der Waals surface area contributed by atoms with Gasteiger partial charge in [0.05, 0.1) is 30.4 Å². The van der Waals surface area contributed by atoms with Gasteiger partial charge in [0.2, 0.25) is 5.91 Å². The molecule has 0 spiro atoms. The average molecular weight is 477 g/mol. The molecule has 0 unspecified atom stereocenters. The zero-order valence-electron chi connectivity index (χ0n) is 18.0. The number of carbonyl (C=O) groups is 3. The zero-order chi connectivity index (χ0) is 23.8. The Hall–Kier alpha value is -3.44. The summed E-state index contributed by atoms with van der Waals surface area (Å²) in [6, 6.07) is 6.53. The Labute approximate surface area is 192 Å². The molecule has 0 bridgehead atoms. The van der Waals surface area contributed by atoms with Crippen LogP contribution in [-0.2, 0) is 30.4 Å². The number of ether oxygens (including phenoxy) is 3. The number of hydrogen-bond donors (Lipinski definition) is 1. The summed E-state index contributed by atoms with van der Waals surface area (Å²) in [5.41, 5.74) is 0.272. The number of morpholine rings is 1. The maximum absolute atomic E-state index is 13.1. The fraction of sp³-hybridized carbons (Fsp3) is 0.364. The molecular weight excluding hydrogens is 452 g/mol. The lowest BCUT2D eigenvalue weighted by Crippen LogP contribution is -2.45. The van der Waals surface area contributed by atoms with Crippen LogP contribution in [0.1, 0.15) is 12.5 Å². The molecule has 1 aromatic heterocycles. The first kappa shape index (κ1) is 24.2. The number of amides is 1. The zero-order valence-corrected chi connectivity index (χ0v) is 18.8. The van der Waals surface area contributed by atoms with Gasteiger partial charge in [-0.1, -0.05) is 12.1 Å². The third-order valence-corrected chi connectivity index (χ3v) is 5.72. The lowest BCUT2D eigenvalue weighted by molar-refractivity contribution is -0.139. The summed E-state index contributed by atoms with van der Waals surface area (Å²) in [5, 5.41) is 8.69. The fourth-order valence-electron chi connectivity index (χ4n) is 3.08. The van der Waals surface area contributed by atoms with Crippen LogP contribution in [0.3, 0.4) is 0 Å². The van der Waals surface area contributed by atoms with Gasteiger partial charge < -0.3 is 24.2 Å². The first-order chi connectivity index (χ1) is 15.9.